The van der Waals surface area contributed by atoms with Crippen molar-refractivity contribution >= 4 is 23.2 Å². The van der Waals surface area contributed by atoms with Crippen molar-refractivity contribution in [1.29, 1.82) is 0 Å². The molecule has 0 saturated carbocycles. The van der Waals surface area contributed by atoms with Crippen molar-refractivity contribution in [2.75, 3.05) is 32.8 Å². The molecule has 0 N–H and O–H groups in total. The summed E-state index contributed by atoms with van der Waals surface area (Å²) in [4.78, 5) is 28.9. The molecule has 0 aromatic carbocycles. The van der Waals surface area contributed by atoms with Crippen molar-refractivity contribution in [3.8, 4) is 0 Å². The second-order valence-electron chi connectivity index (χ2n) is 6.97. The zero-order valence-electron chi connectivity index (χ0n) is 14.8. The molecule has 4 heterocycles. The van der Waals surface area contributed by atoms with Gasteiger partial charge in [0.25, 0.3) is 11.8 Å². The average Bonchev–Trinajstić information content (AvgIpc) is 3.33. The molecule has 2 aromatic heterocycles. The fourth-order valence-corrected chi connectivity index (χ4v) is 4.34. The van der Waals surface area contributed by atoms with Crippen LogP contribution in [0.1, 0.15) is 39.5 Å². The third-order valence-electron chi connectivity index (χ3n) is 5.22. The summed E-state index contributed by atoms with van der Waals surface area (Å²) in [6.07, 6.45) is 1.46. The van der Waals surface area contributed by atoms with E-state index in [1.807, 2.05) is 33.6 Å². The van der Waals surface area contributed by atoms with Crippen LogP contribution in [-0.2, 0) is 4.74 Å². The molecule has 2 fully saturated rings. The fraction of sp³-hybridized carbons (Fsp3) is 0.474. The van der Waals surface area contributed by atoms with E-state index in [2.05, 4.69) is 0 Å². The molecular formula is C19H22N2O4S. The highest BCUT2D eigenvalue weighted by molar-refractivity contribution is 7.08. The molecular weight excluding hydrogens is 352 g/mol. The summed E-state index contributed by atoms with van der Waals surface area (Å²) < 4.78 is 11.5. The van der Waals surface area contributed by atoms with E-state index < -0.39 is 0 Å². The maximum atomic E-state index is 12.6. The van der Waals surface area contributed by atoms with E-state index in [4.69, 9.17) is 9.15 Å². The van der Waals surface area contributed by atoms with E-state index >= 15 is 0 Å². The topological polar surface area (TPSA) is 63.0 Å². The van der Waals surface area contributed by atoms with Crippen LogP contribution in [0.2, 0.25) is 0 Å². The predicted octanol–water partition coefficient (Wildman–Crippen LogP) is 2.80. The number of morpholine rings is 1. The normalized spacial score (nSPS) is 19.7. The Bertz CT molecular complexity index is 790. The zero-order chi connectivity index (χ0) is 18.1. The monoisotopic (exact) mass is 374 g/mol. The van der Waals surface area contributed by atoms with Gasteiger partial charge in [0, 0.05) is 25.0 Å². The Kier molecular flexibility index (Phi) is 4.58. The van der Waals surface area contributed by atoms with Crippen LogP contribution in [0.15, 0.2) is 33.4 Å². The van der Waals surface area contributed by atoms with Crippen LogP contribution in [0.5, 0.6) is 0 Å². The van der Waals surface area contributed by atoms with Crippen LogP contribution in [0, 0.1) is 6.92 Å². The Labute approximate surface area is 156 Å². The lowest BCUT2D eigenvalue weighted by molar-refractivity contribution is -0.123. The number of rotatable bonds is 2. The van der Waals surface area contributed by atoms with Gasteiger partial charge in [0.15, 0.2) is 5.76 Å². The first-order chi connectivity index (χ1) is 12.6. The Hall–Kier alpha value is -2.12. The zero-order valence-corrected chi connectivity index (χ0v) is 15.6. The van der Waals surface area contributed by atoms with Crippen LogP contribution in [-0.4, -0.2) is 60.0 Å². The van der Waals surface area contributed by atoms with Gasteiger partial charge in [-0.2, -0.15) is 11.3 Å². The van der Waals surface area contributed by atoms with Gasteiger partial charge in [-0.3, -0.25) is 9.59 Å². The molecule has 138 valence electrons. The van der Waals surface area contributed by atoms with Crippen molar-refractivity contribution in [2.45, 2.75) is 25.4 Å². The maximum absolute atomic E-state index is 12.6. The number of carbonyl (C=O) groups is 2. The van der Waals surface area contributed by atoms with Crippen molar-refractivity contribution in [1.82, 2.24) is 9.80 Å². The maximum Gasteiger partial charge on any atom is 0.289 e. The smallest absolute Gasteiger partial charge is 0.289 e. The van der Waals surface area contributed by atoms with Gasteiger partial charge in [0.05, 0.1) is 24.3 Å². The second kappa shape index (κ2) is 6.89. The third kappa shape index (κ3) is 3.29. The summed E-state index contributed by atoms with van der Waals surface area (Å²) in [5, 5.41) is 3.81. The molecule has 2 aliphatic rings. The lowest BCUT2D eigenvalue weighted by atomic mass is 9.89. The second-order valence-corrected chi connectivity index (χ2v) is 7.75. The van der Waals surface area contributed by atoms with Crippen LogP contribution >= 0.6 is 11.3 Å². The molecule has 0 unspecified atom stereocenters. The SMILES string of the molecule is Cc1ccc(C(=O)N2CCC3(CC2)CN(C(=O)c2ccsc2)CCO3)o1. The first-order valence-corrected chi connectivity index (χ1v) is 9.82. The van der Waals surface area contributed by atoms with Crippen molar-refractivity contribution in [2.24, 2.45) is 0 Å². The summed E-state index contributed by atoms with van der Waals surface area (Å²) in [5.41, 5.74) is 0.396. The van der Waals surface area contributed by atoms with Crippen molar-refractivity contribution < 1.29 is 18.7 Å². The van der Waals surface area contributed by atoms with Crippen LogP contribution < -0.4 is 0 Å². The van der Waals surface area contributed by atoms with E-state index in [1.165, 1.54) is 11.3 Å². The highest BCUT2D eigenvalue weighted by atomic mass is 32.1. The molecule has 4 rings (SSSR count). The van der Waals surface area contributed by atoms with E-state index in [-0.39, 0.29) is 17.4 Å². The summed E-state index contributed by atoms with van der Waals surface area (Å²) >= 11 is 1.53. The Morgan fingerprint density at radius 1 is 1.08 bits per heavy atom. The number of aryl methyl sites for hydroxylation is 1. The first-order valence-electron chi connectivity index (χ1n) is 8.87. The van der Waals surface area contributed by atoms with E-state index in [1.54, 1.807) is 12.1 Å². The molecule has 2 saturated heterocycles. The van der Waals surface area contributed by atoms with E-state index in [0.29, 0.717) is 38.5 Å². The number of nitrogens with zero attached hydrogens (tertiary/aromatic N) is 2. The molecule has 1 spiro atoms. The van der Waals surface area contributed by atoms with E-state index in [0.717, 1.165) is 24.2 Å². The molecule has 0 aliphatic carbocycles. The fourth-order valence-electron chi connectivity index (χ4n) is 3.71. The molecule has 2 aromatic rings. The number of hydrogen-bond acceptors (Lipinski definition) is 5. The van der Waals surface area contributed by atoms with Gasteiger partial charge in [-0.25, -0.2) is 0 Å². The van der Waals surface area contributed by atoms with Gasteiger partial charge in [-0.1, -0.05) is 0 Å². The Morgan fingerprint density at radius 2 is 1.88 bits per heavy atom. The lowest BCUT2D eigenvalue weighted by Gasteiger charge is -2.47. The number of thiophene rings is 1. The van der Waals surface area contributed by atoms with Gasteiger partial charge < -0.3 is 19.0 Å². The molecule has 2 aliphatic heterocycles. The quantitative estimate of drug-likeness (QED) is 0.811. The number of carbonyl (C=O) groups excluding carboxylic acids is 2. The number of amides is 2. The predicted molar refractivity (Wildman–Crippen MR) is 97.5 cm³/mol. The largest absolute Gasteiger partial charge is 0.456 e. The minimum atomic E-state index is -0.347. The number of ether oxygens (including phenoxy) is 1. The summed E-state index contributed by atoms with van der Waals surface area (Å²) in [5.74, 6) is 1.12. The van der Waals surface area contributed by atoms with Crippen molar-refractivity contribution in [3.63, 3.8) is 0 Å². The lowest BCUT2D eigenvalue weighted by Crippen LogP contribution is -2.58. The third-order valence-corrected chi connectivity index (χ3v) is 5.90. The summed E-state index contributed by atoms with van der Waals surface area (Å²) in [6, 6.07) is 5.39. The van der Waals surface area contributed by atoms with Gasteiger partial charge in [-0.15, -0.1) is 0 Å². The molecule has 6 nitrogen and oxygen atoms in total. The standard InChI is InChI=1S/C19H22N2O4S/c1-14-2-3-16(25-14)18(23)20-7-5-19(6-8-20)13-21(9-10-24-19)17(22)15-4-11-26-12-15/h2-4,11-12H,5-10,13H2,1H3. The summed E-state index contributed by atoms with van der Waals surface area (Å²) in [7, 11) is 0. The van der Waals surface area contributed by atoms with Crippen molar-refractivity contribution in [3.05, 3.63) is 46.0 Å². The minimum absolute atomic E-state index is 0.0680. The molecule has 0 bridgehead atoms. The van der Waals surface area contributed by atoms with Gasteiger partial charge >= 0.3 is 0 Å². The van der Waals surface area contributed by atoms with Crippen LogP contribution in [0.25, 0.3) is 0 Å². The number of likely N-dealkylation sites (tertiary alicyclic amines) is 1. The molecule has 2 amide bonds. The highest BCUT2D eigenvalue weighted by Crippen LogP contribution is 2.31. The van der Waals surface area contributed by atoms with E-state index in [9.17, 15) is 9.59 Å². The minimum Gasteiger partial charge on any atom is -0.456 e. The Balaban J connectivity index is 1.40. The van der Waals surface area contributed by atoms with Gasteiger partial charge in [0.1, 0.15) is 5.76 Å². The number of furan rings is 1. The number of hydrogen-bond donors (Lipinski definition) is 0. The Morgan fingerprint density at radius 3 is 2.54 bits per heavy atom. The van der Waals surface area contributed by atoms with Crippen LogP contribution in [0.3, 0.4) is 0 Å². The number of piperidine rings is 1. The molecule has 7 heteroatoms. The molecule has 0 radical (unpaired) electrons. The molecule has 0 atom stereocenters. The van der Waals surface area contributed by atoms with Crippen LogP contribution in [0.4, 0.5) is 0 Å². The highest BCUT2D eigenvalue weighted by Gasteiger charge is 2.42. The average molecular weight is 374 g/mol. The van der Waals surface area contributed by atoms with Gasteiger partial charge in [-0.05, 0) is 43.3 Å². The first kappa shape index (κ1) is 17.3. The molecule has 26 heavy (non-hydrogen) atoms. The summed E-state index contributed by atoms with van der Waals surface area (Å²) in [6.45, 7) is 4.80. The van der Waals surface area contributed by atoms with Gasteiger partial charge in [0.2, 0.25) is 0 Å².